The molecule has 0 aromatic heterocycles. The van der Waals surface area contributed by atoms with E-state index in [0.29, 0.717) is 37.6 Å². The Hall–Kier alpha value is -2.42. The van der Waals surface area contributed by atoms with E-state index >= 15 is 0 Å². The van der Waals surface area contributed by atoms with Gasteiger partial charge in [0.15, 0.2) is 0 Å². The number of ketones is 1. The van der Waals surface area contributed by atoms with Gasteiger partial charge in [-0.3, -0.25) is 9.59 Å². The van der Waals surface area contributed by atoms with Crippen molar-refractivity contribution in [2.45, 2.75) is 89.0 Å². The Labute approximate surface area is 199 Å². The molecular formula is C30H39NO2. The normalized spacial score (nSPS) is 20.8. The number of hydrogen-bond acceptors (Lipinski definition) is 2. The average molecular weight is 446 g/mol. The SMILES string of the molecule is CC(CCC(=O)CCCC(=O)N1CCCC2CCCCC21)(c1ccccc1)c1ccccc1. The van der Waals surface area contributed by atoms with Gasteiger partial charge in [-0.15, -0.1) is 0 Å². The number of nitrogens with zero attached hydrogens (tertiary/aromatic N) is 1. The third-order valence-electron chi connectivity index (χ3n) is 8.14. The predicted octanol–water partition coefficient (Wildman–Crippen LogP) is 6.69. The predicted molar refractivity (Wildman–Crippen MR) is 134 cm³/mol. The van der Waals surface area contributed by atoms with Crippen LogP contribution in [-0.4, -0.2) is 29.2 Å². The molecule has 3 nitrogen and oxygen atoms in total. The highest BCUT2D eigenvalue weighted by atomic mass is 16.2. The van der Waals surface area contributed by atoms with E-state index < -0.39 is 0 Å². The lowest BCUT2D eigenvalue weighted by Gasteiger charge is -2.44. The third kappa shape index (κ3) is 5.75. The molecule has 1 saturated carbocycles. The summed E-state index contributed by atoms with van der Waals surface area (Å²) in [4.78, 5) is 27.9. The molecule has 1 heterocycles. The van der Waals surface area contributed by atoms with Gasteiger partial charge in [0.2, 0.25) is 5.91 Å². The van der Waals surface area contributed by atoms with Crippen LogP contribution in [0.25, 0.3) is 0 Å². The Bertz CT molecular complexity index is 866. The molecule has 0 radical (unpaired) electrons. The van der Waals surface area contributed by atoms with Crippen molar-refractivity contribution in [2.24, 2.45) is 5.92 Å². The van der Waals surface area contributed by atoms with Crippen LogP contribution in [0.2, 0.25) is 0 Å². The fraction of sp³-hybridized carbons (Fsp3) is 0.533. The first kappa shape index (κ1) is 23.7. The van der Waals surface area contributed by atoms with Crippen LogP contribution in [0.3, 0.4) is 0 Å². The van der Waals surface area contributed by atoms with Gasteiger partial charge in [0.25, 0.3) is 0 Å². The van der Waals surface area contributed by atoms with Gasteiger partial charge >= 0.3 is 0 Å². The molecule has 33 heavy (non-hydrogen) atoms. The van der Waals surface area contributed by atoms with E-state index in [1.807, 2.05) is 12.1 Å². The molecule has 2 aliphatic rings. The summed E-state index contributed by atoms with van der Waals surface area (Å²) in [6, 6.07) is 21.5. The second-order valence-corrected chi connectivity index (χ2v) is 10.3. The Morgan fingerprint density at radius 3 is 2.09 bits per heavy atom. The zero-order valence-electron chi connectivity index (χ0n) is 20.2. The van der Waals surface area contributed by atoms with Gasteiger partial charge in [-0.25, -0.2) is 0 Å². The minimum absolute atomic E-state index is 0.197. The monoisotopic (exact) mass is 445 g/mol. The number of rotatable bonds is 9. The first-order valence-electron chi connectivity index (χ1n) is 13.0. The van der Waals surface area contributed by atoms with Gasteiger partial charge in [0.1, 0.15) is 5.78 Å². The standard InChI is InChI=1S/C30H39NO2/c1-30(25-14-4-2-5-15-25,26-16-6-3-7-17-26)22-21-27(32)18-10-20-29(33)31-23-11-13-24-12-8-9-19-28(24)31/h2-7,14-17,24,28H,8-13,18-23H2,1H3. The molecule has 4 rings (SSSR count). The van der Waals surface area contributed by atoms with Gasteiger partial charge in [-0.1, -0.05) is 80.4 Å². The summed E-state index contributed by atoms with van der Waals surface area (Å²) in [7, 11) is 0. The van der Waals surface area contributed by atoms with Crippen molar-refractivity contribution < 1.29 is 9.59 Å². The highest BCUT2D eigenvalue weighted by molar-refractivity contribution is 5.80. The summed E-state index contributed by atoms with van der Waals surface area (Å²) in [6.45, 7) is 3.16. The van der Waals surface area contributed by atoms with E-state index in [-0.39, 0.29) is 17.1 Å². The summed E-state index contributed by atoms with van der Waals surface area (Å²) in [5.41, 5.74) is 2.29. The van der Waals surface area contributed by atoms with E-state index in [1.54, 1.807) is 0 Å². The molecule has 2 unspecified atom stereocenters. The lowest BCUT2D eigenvalue weighted by molar-refractivity contribution is -0.137. The van der Waals surface area contributed by atoms with Crippen LogP contribution < -0.4 is 0 Å². The molecule has 1 aliphatic heterocycles. The lowest BCUT2D eigenvalue weighted by atomic mass is 9.72. The fourth-order valence-corrected chi connectivity index (χ4v) is 6.10. The van der Waals surface area contributed by atoms with Crippen LogP contribution in [0, 0.1) is 5.92 Å². The van der Waals surface area contributed by atoms with E-state index in [2.05, 4.69) is 60.4 Å². The molecule has 3 heteroatoms. The Morgan fingerprint density at radius 2 is 1.42 bits per heavy atom. The number of amides is 1. The average Bonchev–Trinajstić information content (AvgIpc) is 2.88. The number of likely N-dealkylation sites (tertiary alicyclic amines) is 1. The van der Waals surface area contributed by atoms with Gasteiger partial charge in [-0.2, -0.15) is 0 Å². The molecule has 1 saturated heterocycles. The molecule has 1 amide bonds. The summed E-state index contributed by atoms with van der Waals surface area (Å²) in [5, 5.41) is 0. The smallest absolute Gasteiger partial charge is 0.222 e. The third-order valence-corrected chi connectivity index (χ3v) is 8.14. The minimum atomic E-state index is -0.197. The van der Waals surface area contributed by atoms with Crippen LogP contribution in [0.5, 0.6) is 0 Å². The molecular weight excluding hydrogens is 406 g/mol. The summed E-state index contributed by atoms with van der Waals surface area (Å²) >= 11 is 0. The minimum Gasteiger partial charge on any atom is -0.339 e. The molecule has 1 aliphatic carbocycles. The fourth-order valence-electron chi connectivity index (χ4n) is 6.10. The molecule has 0 bridgehead atoms. The summed E-state index contributed by atoms with van der Waals surface area (Å²) < 4.78 is 0. The van der Waals surface area contributed by atoms with Crippen molar-refractivity contribution in [1.29, 1.82) is 0 Å². The number of piperidine rings is 1. The topological polar surface area (TPSA) is 37.4 Å². The molecule has 2 aromatic rings. The molecule has 176 valence electrons. The van der Waals surface area contributed by atoms with E-state index in [1.165, 1.54) is 43.2 Å². The van der Waals surface area contributed by atoms with Crippen molar-refractivity contribution in [3.63, 3.8) is 0 Å². The first-order valence-corrected chi connectivity index (χ1v) is 13.0. The van der Waals surface area contributed by atoms with Gasteiger partial charge < -0.3 is 4.90 Å². The number of hydrogen-bond donors (Lipinski definition) is 0. The summed E-state index contributed by atoms with van der Waals surface area (Å²) in [5.74, 6) is 1.26. The maximum atomic E-state index is 12.9. The van der Waals surface area contributed by atoms with Crippen molar-refractivity contribution in [3.8, 4) is 0 Å². The Kier molecular flexibility index (Phi) is 8.01. The number of carbonyl (C=O) groups excluding carboxylic acids is 2. The highest BCUT2D eigenvalue weighted by Gasteiger charge is 2.35. The zero-order chi connectivity index (χ0) is 23.1. The van der Waals surface area contributed by atoms with E-state index in [0.717, 1.165) is 19.4 Å². The van der Waals surface area contributed by atoms with Crippen molar-refractivity contribution in [1.82, 2.24) is 4.90 Å². The van der Waals surface area contributed by atoms with Gasteiger partial charge in [-0.05, 0) is 55.6 Å². The van der Waals surface area contributed by atoms with Crippen LogP contribution in [-0.2, 0) is 15.0 Å². The second kappa shape index (κ2) is 11.1. The van der Waals surface area contributed by atoms with Gasteiger partial charge in [0.05, 0.1) is 0 Å². The molecule has 2 fully saturated rings. The van der Waals surface area contributed by atoms with Crippen LogP contribution in [0.4, 0.5) is 0 Å². The van der Waals surface area contributed by atoms with Crippen molar-refractivity contribution in [3.05, 3.63) is 71.8 Å². The number of benzene rings is 2. The van der Waals surface area contributed by atoms with Crippen molar-refractivity contribution >= 4 is 11.7 Å². The van der Waals surface area contributed by atoms with E-state index in [4.69, 9.17) is 0 Å². The van der Waals surface area contributed by atoms with Crippen molar-refractivity contribution in [2.75, 3.05) is 6.54 Å². The zero-order valence-corrected chi connectivity index (χ0v) is 20.2. The second-order valence-electron chi connectivity index (χ2n) is 10.3. The largest absolute Gasteiger partial charge is 0.339 e. The molecule has 0 spiro atoms. The quantitative estimate of drug-likeness (QED) is 0.431. The van der Waals surface area contributed by atoms with Gasteiger partial charge in [0, 0.05) is 37.3 Å². The molecule has 2 atom stereocenters. The number of fused-ring (bicyclic) bond motifs is 1. The molecule has 0 N–H and O–H groups in total. The number of Topliss-reactive ketones (excluding diaryl/α,β-unsaturated/α-hetero) is 1. The summed E-state index contributed by atoms with van der Waals surface area (Å²) in [6.07, 6.45) is 10.5. The molecule has 2 aromatic carbocycles. The first-order chi connectivity index (χ1) is 16.1. The van der Waals surface area contributed by atoms with Crippen LogP contribution in [0.15, 0.2) is 60.7 Å². The lowest BCUT2D eigenvalue weighted by Crippen LogP contribution is -2.49. The Balaban J connectivity index is 1.29. The maximum absolute atomic E-state index is 12.9. The van der Waals surface area contributed by atoms with Crippen LogP contribution in [0.1, 0.15) is 88.7 Å². The highest BCUT2D eigenvalue weighted by Crippen LogP contribution is 2.37. The Morgan fingerprint density at radius 1 is 0.818 bits per heavy atom. The van der Waals surface area contributed by atoms with Crippen LogP contribution >= 0.6 is 0 Å². The van der Waals surface area contributed by atoms with E-state index in [9.17, 15) is 9.59 Å². The number of carbonyl (C=O) groups is 2. The maximum Gasteiger partial charge on any atom is 0.222 e.